The highest BCUT2D eigenvalue weighted by molar-refractivity contribution is 7.89. The van der Waals surface area contributed by atoms with Crippen LogP contribution in [0.15, 0.2) is 66.7 Å². The fourth-order valence-electron chi connectivity index (χ4n) is 4.06. The van der Waals surface area contributed by atoms with Crippen LogP contribution >= 0.6 is 0 Å². The van der Waals surface area contributed by atoms with Crippen molar-refractivity contribution in [3.05, 3.63) is 78.1 Å². The van der Waals surface area contributed by atoms with Crippen LogP contribution in [0.5, 0.6) is 0 Å². The van der Waals surface area contributed by atoms with Crippen molar-refractivity contribution >= 4 is 38.2 Å². The summed E-state index contributed by atoms with van der Waals surface area (Å²) in [6, 6.07) is 21.5. The van der Waals surface area contributed by atoms with Gasteiger partial charge in [-0.2, -0.15) is 0 Å². The number of amides is 1. The van der Waals surface area contributed by atoms with Gasteiger partial charge in [-0.1, -0.05) is 93.8 Å². The maximum absolute atomic E-state index is 12.3. The van der Waals surface area contributed by atoms with Gasteiger partial charge in [0.15, 0.2) is 0 Å². The number of nitrogens with zero attached hydrogens (tertiary/aromatic N) is 1. The second-order valence-corrected chi connectivity index (χ2v) is 10.7. The molecule has 8 nitrogen and oxygen atoms in total. The van der Waals surface area contributed by atoms with Crippen molar-refractivity contribution in [2.45, 2.75) is 58.6 Å². The van der Waals surface area contributed by atoms with Crippen molar-refractivity contribution in [2.75, 3.05) is 5.75 Å². The van der Waals surface area contributed by atoms with Crippen molar-refractivity contribution in [3.63, 3.8) is 0 Å². The Bertz CT molecular complexity index is 1360. The number of imidazole rings is 1. The number of benzene rings is 3. The van der Waals surface area contributed by atoms with Crippen LogP contribution in [-0.4, -0.2) is 30.5 Å². The maximum Gasteiger partial charge on any atom is 0.230 e. The molecule has 4 aromatic rings. The lowest BCUT2D eigenvalue weighted by Crippen LogP contribution is -2.31. The van der Waals surface area contributed by atoms with Crippen molar-refractivity contribution in [2.24, 2.45) is 0 Å². The molecule has 37 heavy (non-hydrogen) atoms. The number of unbranched alkanes of at least 4 members (excludes halogenated alkanes) is 2. The lowest BCUT2D eigenvalue weighted by atomic mass is 10.1. The number of hydrogen-bond acceptors (Lipinski definition) is 5. The number of carbonyl (C=O) groups is 1. The van der Waals surface area contributed by atoms with Gasteiger partial charge < -0.3 is 4.98 Å². The Morgan fingerprint density at radius 3 is 2.46 bits per heavy atom. The number of rotatable bonds is 13. The zero-order chi connectivity index (χ0) is 26.5. The van der Waals surface area contributed by atoms with Crippen LogP contribution in [0.4, 0.5) is 0 Å². The normalized spacial score (nSPS) is 12.2. The van der Waals surface area contributed by atoms with Crippen LogP contribution in [0.25, 0.3) is 21.8 Å². The number of aromatic nitrogens is 2. The minimum Gasteiger partial charge on any atom is -0.341 e. The summed E-state index contributed by atoms with van der Waals surface area (Å²) in [5, 5.41) is 2.21. The van der Waals surface area contributed by atoms with Gasteiger partial charge in [-0.25, -0.2) is 23.6 Å². The highest BCUT2D eigenvalue weighted by Gasteiger charge is 2.22. The van der Waals surface area contributed by atoms with E-state index >= 15 is 0 Å². The van der Waals surface area contributed by atoms with Crippen LogP contribution in [-0.2, 0) is 26.3 Å². The Kier molecular flexibility index (Phi) is 11.1. The number of carbonyl (C=O) groups excluding carboxylic acids is 1. The smallest absolute Gasteiger partial charge is 0.230 e. The molecule has 3 aromatic carbocycles. The van der Waals surface area contributed by atoms with Crippen LogP contribution in [0.2, 0.25) is 0 Å². The molecule has 0 spiro atoms. The molecule has 9 heteroatoms. The molecule has 4 rings (SSSR count). The highest BCUT2D eigenvalue weighted by atomic mass is 32.2. The third-order valence-electron chi connectivity index (χ3n) is 5.83. The topological polar surface area (TPSA) is 113 Å². The SMILES string of the molecule is CCCCCC(NS(=O)(=O)CCC)c1nc2c(ccc3ccccc32)[nH]1.O=CNOCc1ccccc1. The fourth-order valence-corrected chi connectivity index (χ4v) is 5.37. The largest absolute Gasteiger partial charge is 0.341 e. The molecule has 1 aromatic heterocycles. The summed E-state index contributed by atoms with van der Waals surface area (Å²) in [7, 11) is -3.31. The molecule has 198 valence electrons. The Hall–Kier alpha value is -3.27. The van der Waals surface area contributed by atoms with E-state index in [9.17, 15) is 13.2 Å². The van der Waals surface area contributed by atoms with E-state index in [-0.39, 0.29) is 11.8 Å². The predicted molar refractivity (Wildman–Crippen MR) is 148 cm³/mol. The molecule has 0 aliphatic heterocycles. The van der Waals surface area contributed by atoms with Gasteiger partial charge in [0, 0.05) is 5.39 Å². The molecule has 0 radical (unpaired) electrons. The lowest BCUT2D eigenvalue weighted by molar-refractivity contribution is -0.121. The van der Waals surface area contributed by atoms with E-state index < -0.39 is 10.0 Å². The molecule has 0 bridgehead atoms. The summed E-state index contributed by atoms with van der Waals surface area (Å²) in [6.07, 6.45) is 4.99. The second kappa shape index (κ2) is 14.5. The van der Waals surface area contributed by atoms with Crippen molar-refractivity contribution < 1.29 is 18.0 Å². The molecule has 1 atom stereocenters. The standard InChI is InChI=1S/C20H27N3O2S.C8H9NO2/c1-3-5-6-11-18(23-26(24,25)14-4-2)20-21-17-13-12-15-9-7-8-10-16(15)19(17)22-20;10-7-9-11-6-8-4-2-1-3-5-8/h7-10,12-13,18,23H,3-6,11,14H2,1-2H3,(H,21,22);1-5,7H,6H2,(H,9,10). The van der Waals surface area contributed by atoms with Gasteiger partial charge in [-0.3, -0.25) is 9.63 Å². The number of hydrogen-bond donors (Lipinski definition) is 3. The second-order valence-electron chi connectivity index (χ2n) is 8.80. The quantitative estimate of drug-likeness (QED) is 0.121. The molecule has 0 saturated carbocycles. The summed E-state index contributed by atoms with van der Waals surface area (Å²) in [5.74, 6) is 0.840. The maximum atomic E-state index is 12.3. The first-order valence-electron chi connectivity index (χ1n) is 12.7. The molecule has 3 N–H and O–H groups in total. The minimum atomic E-state index is -3.31. The van der Waals surface area contributed by atoms with Crippen molar-refractivity contribution in [3.8, 4) is 0 Å². The minimum absolute atomic E-state index is 0.139. The summed E-state index contributed by atoms with van der Waals surface area (Å²) >= 11 is 0. The molecular formula is C28H36N4O4S. The van der Waals surface area contributed by atoms with Crippen LogP contribution in [0, 0.1) is 0 Å². The first kappa shape index (κ1) is 28.3. The third kappa shape index (κ3) is 8.66. The Balaban J connectivity index is 0.000000289. The number of hydroxylamine groups is 1. The molecule has 1 amide bonds. The zero-order valence-corrected chi connectivity index (χ0v) is 22.3. The van der Waals surface area contributed by atoms with Crippen LogP contribution in [0.1, 0.15) is 63.4 Å². The van der Waals surface area contributed by atoms with E-state index in [1.807, 2.05) is 55.5 Å². The summed E-state index contributed by atoms with van der Waals surface area (Å²) in [4.78, 5) is 22.6. The number of H-pyrrole nitrogens is 1. The molecule has 0 saturated heterocycles. The predicted octanol–water partition coefficient (Wildman–Crippen LogP) is 5.53. The van der Waals surface area contributed by atoms with E-state index in [4.69, 9.17) is 9.82 Å². The van der Waals surface area contributed by atoms with Crippen molar-refractivity contribution in [1.29, 1.82) is 0 Å². The van der Waals surface area contributed by atoms with Gasteiger partial charge in [-0.15, -0.1) is 0 Å². The number of fused-ring (bicyclic) bond motifs is 3. The van der Waals surface area contributed by atoms with Gasteiger partial charge in [0.25, 0.3) is 0 Å². The molecule has 0 aliphatic carbocycles. The third-order valence-corrected chi connectivity index (χ3v) is 7.42. The van der Waals surface area contributed by atoms with E-state index in [1.54, 1.807) is 0 Å². The van der Waals surface area contributed by atoms with Gasteiger partial charge in [0.1, 0.15) is 5.82 Å². The van der Waals surface area contributed by atoms with Gasteiger partial charge in [0.05, 0.1) is 29.4 Å². The van der Waals surface area contributed by atoms with Gasteiger partial charge in [-0.05, 0) is 29.9 Å². The molecule has 0 fully saturated rings. The van der Waals surface area contributed by atoms with Crippen molar-refractivity contribution in [1.82, 2.24) is 20.2 Å². The van der Waals surface area contributed by atoms with Gasteiger partial charge in [0.2, 0.25) is 16.4 Å². The highest BCUT2D eigenvalue weighted by Crippen LogP contribution is 2.27. The number of aromatic amines is 1. The average Bonchev–Trinajstić information content (AvgIpc) is 3.34. The Labute approximate surface area is 218 Å². The first-order valence-corrected chi connectivity index (χ1v) is 14.3. The Morgan fingerprint density at radius 2 is 1.73 bits per heavy atom. The molecule has 0 aliphatic rings. The molecule has 1 unspecified atom stereocenters. The number of nitrogens with one attached hydrogen (secondary N) is 3. The fraction of sp³-hybridized carbons (Fsp3) is 0.357. The van der Waals surface area contributed by atoms with Crippen LogP contribution < -0.4 is 10.2 Å². The monoisotopic (exact) mass is 524 g/mol. The molecular weight excluding hydrogens is 488 g/mol. The van der Waals surface area contributed by atoms with E-state index in [0.29, 0.717) is 25.3 Å². The van der Waals surface area contributed by atoms with E-state index in [2.05, 4.69) is 40.3 Å². The summed E-state index contributed by atoms with van der Waals surface area (Å²) < 4.78 is 27.5. The molecule has 1 heterocycles. The average molecular weight is 525 g/mol. The Morgan fingerprint density at radius 1 is 0.973 bits per heavy atom. The number of sulfonamides is 1. The lowest BCUT2D eigenvalue weighted by Gasteiger charge is -2.16. The van der Waals surface area contributed by atoms with Gasteiger partial charge >= 0.3 is 0 Å². The van der Waals surface area contributed by atoms with E-state index in [0.717, 1.165) is 53.1 Å². The first-order chi connectivity index (χ1) is 18.0. The van der Waals surface area contributed by atoms with E-state index in [1.165, 1.54) is 0 Å². The summed E-state index contributed by atoms with van der Waals surface area (Å²) in [5.41, 5.74) is 4.98. The van der Waals surface area contributed by atoms with Crippen LogP contribution in [0.3, 0.4) is 0 Å². The summed E-state index contributed by atoms with van der Waals surface area (Å²) in [6.45, 7) is 4.42. The zero-order valence-electron chi connectivity index (χ0n) is 21.4.